The van der Waals surface area contributed by atoms with Crippen molar-refractivity contribution in [1.29, 1.82) is 0 Å². The lowest BCUT2D eigenvalue weighted by atomic mass is 10.0. The number of aryl methyl sites for hydroxylation is 2. The van der Waals surface area contributed by atoms with Gasteiger partial charge in [-0.3, -0.25) is 4.72 Å². The number of hydrogen-bond acceptors (Lipinski definition) is 7. The van der Waals surface area contributed by atoms with Crippen LogP contribution in [0.1, 0.15) is 28.9 Å². The quantitative estimate of drug-likeness (QED) is 0.157. The lowest BCUT2D eigenvalue weighted by Crippen LogP contribution is -2.12. The number of fused-ring (bicyclic) bond motifs is 1. The number of aromatic hydroxyl groups is 1. The highest BCUT2D eigenvalue weighted by atomic mass is 32.2. The predicted molar refractivity (Wildman–Crippen MR) is 162 cm³/mol. The second-order valence-corrected chi connectivity index (χ2v) is 11.4. The minimum absolute atomic E-state index is 0.0664. The molecule has 0 radical (unpaired) electrons. The molecule has 0 atom stereocenters. The van der Waals surface area contributed by atoms with Gasteiger partial charge in [-0.2, -0.15) is 5.21 Å². The summed E-state index contributed by atoms with van der Waals surface area (Å²) >= 11 is 0. The number of nitrogens with zero attached hydrogens (tertiary/aromatic N) is 4. The van der Waals surface area contributed by atoms with Crippen LogP contribution >= 0.6 is 0 Å². The van der Waals surface area contributed by atoms with Crippen molar-refractivity contribution < 1.29 is 13.5 Å². The zero-order valence-corrected chi connectivity index (χ0v) is 23.2. The van der Waals surface area contributed by atoms with Gasteiger partial charge >= 0.3 is 0 Å². The number of anilines is 1. The lowest BCUT2D eigenvalue weighted by molar-refractivity contribution is 0.457. The third-order valence-electron chi connectivity index (χ3n) is 6.80. The van der Waals surface area contributed by atoms with E-state index in [2.05, 4.69) is 30.3 Å². The van der Waals surface area contributed by atoms with E-state index in [1.165, 1.54) is 6.07 Å². The molecule has 0 spiro atoms. The summed E-state index contributed by atoms with van der Waals surface area (Å²) in [6.45, 7) is 0. The first-order chi connectivity index (χ1) is 20.5. The maximum Gasteiger partial charge on any atom is 0.261 e. The second kappa shape index (κ2) is 11.7. The molecule has 6 aromatic rings. The van der Waals surface area contributed by atoms with Crippen LogP contribution in [0.2, 0.25) is 0 Å². The molecule has 0 aliphatic rings. The van der Waals surface area contributed by atoms with Crippen molar-refractivity contribution in [3.05, 3.63) is 126 Å². The van der Waals surface area contributed by atoms with Crippen molar-refractivity contribution in [3.8, 4) is 5.88 Å². The molecule has 0 saturated carbocycles. The van der Waals surface area contributed by atoms with E-state index in [0.717, 1.165) is 30.4 Å². The van der Waals surface area contributed by atoms with Crippen LogP contribution in [0.3, 0.4) is 0 Å². The normalized spacial score (nSPS) is 12.0. The van der Waals surface area contributed by atoms with Gasteiger partial charge in [-0.25, -0.2) is 13.4 Å². The predicted octanol–water partition coefficient (Wildman–Crippen LogP) is 5.53. The van der Waals surface area contributed by atoms with Gasteiger partial charge in [-0.1, -0.05) is 65.9 Å². The van der Waals surface area contributed by atoms with Gasteiger partial charge in [0.25, 0.3) is 10.0 Å². The zero-order chi connectivity index (χ0) is 28.9. The number of H-pyrrole nitrogens is 2. The summed E-state index contributed by atoms with van der Waals surface area (Å²) in [6.07, 6.45) is 2.46. The summed E-state index contributed by atoms with van der Waals surface area (Å²) in [6, 6.07) is 30.8. The minimum atomic E-state index is -3.89. The van der Waals surface area contributed by atoms with Crippen LogP contribution in [0.4, 0.5) is 11.4 Å². The molecule has 210 valence electrons. The largest absolute Gasteiger partial charge is 0.494 e. The number of para-hydroxylation sites is 1. The minimum Gasteiger partial charge on any atom is -0.494 e. The number of tetrazole rings is 1. The third-order valence-corrected chi connectivity index (χ3v) is 8.18. The molecule has 6 rings (SSSR count). The molecule has 2 aromatic heterocycles. The number of nitrogens with one attached hydrogen (secondary N) is 3. The van der Waals surface area contributed by atoms with Crippen molar-refractivity contribution in [1.82, 2.24) is 25.6 Å². The van der Waals surface area contributed by atoms with Gasteiger partial charge in [-0.15, -0.1) is 10.2 Å². The number of hydrogen-bond donors (Lipinski definition) is 4. The van der Waals surface area contributed by atoms with Gasteiger partial charge in [0.1, 0.15) is 0 Å². The van der Waals surface area contributed by atoms with Crippen molar-refractivity contribution in [2.24, 2.45) is 4.99 Å². The van der Waals surface area contributed by atoms with E-state index in [1.807, 2.05) is 60.7 Å². The Morgan fingerprint density at radius 2 is 1.62 bits per heavy atom. The molecule has 0 unspecified atom stereocenters. The molecule has 4 N–H and O–H groups in total. The van der Waals surface area contributed by atoms with Gasteiger partial charge in [0.05, 0.1) is 21.9 Å². The highest BCUT2D eigenvalue weighted by Crippen LogP contribution is 2.33. The van der Waals surface area contributed by atoms with Crippen LogP contribution in [0.15, 0.2) is 113 Å². The zero-order valence-electron chi connectivity index (χ0n) is 22.4. The Morgan fingerprint density at radius 3 is 2.33 bits per heavy atom. The molecule has 10 nitrogen and oxygen atoms in total. The van der Waals surface area contributed by atoms with E-state index in [4.69, 9.17) is 4.99 Å². The Morgan fingerprint density at radius 1 is 0.881 bits per heavy atom. The summed E-state index contributed by atoms with van der Waals surface area (Å²) in [5.41, 5.74) is 4.58. The number of aromatic amines is 2. The number of aromatic nitrogens is 5. The first-order valence-corrected chi connectivity index (χ1v) is 14.8. The maximum atomic E-state index is 13.2. The van der Waals surface area contributed by atoms with Crippen LogP contribution in [0.5, 0.6) is 5.88 Å². The standard InChI is InChI=1S/C31H27N7O3S/c39-31-29(26-20-25(18-19-27(26)33-31)42(40,41)36-24-11-5-2-6-12-24)30(22-9-3-1-4-10-22)32-23-16-14-21(15-17-23)8-7-13-28-34-37-38-35-28/h1-6,9-12,14-20,33,36,39H,7-8,13H2,(H,34,35,37,38). The average molecular weight is 578 g/mol. The van der Waals surface area contributed by atoms with Crippen molar-refractivity contribution >= 4 is 38.0 Å². The van der Waals surface area contributed by atoms with Crippen LogP contribution in [0.25, 0.3) is 10.9 Å². The van der Waals surface area contributed by atoms with Crippen LogP contribution in [-0.4, -0.2) is 44.8 Å². The molecule has 0 saturated heterocycles. The molecular formula is C31H27N7O3S. The topological polar surface area (TPSA) is 149 Å². The lowest BCUT2D eigenvalue weighted by Gasteiger charge is -2.10. The Kier molecular flexibility index (Phi) is 7.48. The third kappa shape index (κ3) is 5.91. The molecule has 4 aromatic carbocycles. The monoisotopic (exact) mass is 577 g/mol. The summed E-state index contributed by atoms with van der Waals surface area (Å²) in [4.78, 5) is 7.99. The summed E-state index contributed by atoms with van der Waals surface area (Å²) in [5.74, 6) is 0.588. The Labute approximate surface area is 242 Å². The van der Waals surface area contributed by atoms with Gasteiger partial charge in [0.2, 0.25) is 0 Å². The number of sulfonamides is 1. The smallest absolute Gasteiger partial charge is 0.261 e. The first-order valence-electron chi connectivity index (χ1n) is 13.3. The van der Waals surface area contributed by atoms with Gasteiger partial charge < -0.3 is 10.1 Å². The molecule has 2 heterocycles. The van der Waals surface area contributed by atoms with Crippen molar-refractivity contribution in [2.75, 3.05) is 4.72 Å². The number of aliphatic imine (C=N–C) groups is 1. The second-order valence-electron chi connectivity index (χ2n) is 9.70. The van der Waals surface area contributed by atoms with Crippen molar-refractivity contribution in [3.63, 3.8) is 0 Å². The van der Waals surface area contributed by atoms with E-state index in [1.54, 1.807) is 36.4 Å². The fraction of sp³-hybridized carbons (Fsp3) is 0.0968. The number of rotatable bonds is 10. The van der Waals surface area contributed by atoms with E-state index in [-0.39, 0.29) is 10.8 Å². The van der Waals surface area contributed by atoms with Gasteiger partial charge in [0, 0.05) is 28.6 Å². The summed E-state index contributed by atoms with van der Waals surface area (Å²) < 4.78 is 29.1. The SMILES string of the molecule is O=S(=O)(Nc1ccccc1)c1ccc2[nH]c(O)c(C(=Nc3ccc(CCCc4nn[nH]n4)cc3)c3ccccc3)c2c1. The van der Waals surface area contributed by atoms with Crippen molar-refractivity contribution in [2.45, 2.75) is 24.2 Å². The van der Waals surface area contributed by atoms with E-state index in [9.17, 15) is 13.5 Å². The Balaban J connectivity index is 1.35. The molecule has 11 heteroatoms. The molecule has 0 bridgehead atoms. The van der Waals surface area contributed by atoms with Crippen LogP contribution in [0, 0.1) is 0 Å². The molecule has 0 fully saturated rings. The molecule has 0 aliphatic heterocycles. The van der Waals surface area contributed by atoms with Crippen LogP contribution < -0.4 is 4.72 Å². The first kappa shape index (κ1) is 26.9. The Hall–Kier alpha value is -5.29. The fourth-order valence-corrected chi connectivity index (χ4v) is 5.83. The van der Waals surface area contributed by atoms with Crippen LogP contribution in [-0.2, 0) is 22.9 Å². The average Bonchev–Trinajstić information content (AvgIpc) is 3.64. The summed E-state index contributed by atoms with van der Waals surface area (Å²) in [5, 5.41) is 25.6. The molecule has 0 amide bonds. The van der Waals surface area contributed by atoms with Gasteiger partial charge in [-0.05, 0) is 60.9 Å². The Bertz CT molecular complexity index is 1940. The molecular weight excluding hydrogens is 550 g/mol. The summed E-state index contributed by atoms with van der Waals surface area (Å²) in [7, 11) is -3.89. The van der Waals surface area contributed by atoms with E-state index >= 15 is 0 Å². The van der Waals surface area contributed by atoms with Gasteiger partial charge in [0.15, 0.2) is 11.7 Å². The molecule has 42 heavy (non-hydrogen) atoms. The maximum absolute atomic E-state index is 13.2. The molecule has 0 aliphatic carbocycles. The number of benzene rings is 4. The van der Waals surface area contributed by atoms with E-state index < -0.39 is 10.0 Å². The highest BCUT2D eigenvalue weighted by molar-refractivity contribution is 7.92. The van der Waals surface area contributed by atoms with E-state index in [0.29, 0.717) is 39.4 Å². The highest BCUT2D eigenvalue weighted by Gasteiger charge is 2.22. The fourth-order valence-electron chi connectivity index (χ4n) is 4.75.